The molecule has 0 radical (unpaired) electrons. The third-order valence-electron chi connectivity index (χ3n) is 5.08. The van der Waals surface area contributed by atoms with Crippen LogP contribution in [0.2, 0.25) is 0 Å². The highest BCUT2D eigenvalue weighted by Gasteiger charge is 2.23. The van der Waals surface area contributed by atoms with Crippen LogP contribution in [0.5, 0.6) is 5.75 Å². The number of hydrogen-bond acceptors (Lipinski definition) is 6. The summed E-state index contributed by atoms with van der Waals surface area (Å²) in [5, 5.41) is 2.70. The number of methoxy groups -OCH3 is 1. The molecule has 2 heterocycles. The number of nitrogens with two attached hydrogens (primary N) is 1. The van der Waals surface area contributed by atoms with Crippen LogP contribution in [0, 0.1) is 11.6 Å². The molecule has 1 atom stereocenters. The van der Waals surface area contributed by atoms with E-state index in [4.69, 9.17) is 10.5 Å². The smallest absolute Gasteiger partial charge is 0.274 e. The summed E-state index contributed by atoms with van der Waals surface area (Å²) in [7, 11) is 1.41. The summed E-state index contributed by atoms with van der Waals surface area (Å²) in [6, 6.07) is 9.96. The highest BCUT2D eigenvalue weighted by Crippen LogP contribution is 2.31. The van der Waals surface area contributed by atoms with Gasteiger partial charge in [-0.2, -0.15) is 0 Å². The second-order valence-corrected chi connectivity index (χ2v) is 7.19. The van der Waals surface area contributed by atoms with E-state index in [1.807, 2.05) is 4.90 Å². The fourth-order valence-corrected chi connectivity index (χ4v) is 3.57. The predicted octanol–water partition coefficient (Wildman–Crippen LogP) is 3.22. The standard InChI is InChI=1S/C22H21F2N5O2/c1-31-19-4-2-3-15(24)20(19)21-26-9-7-16(27-21)22(30)28-17-11-13(23)5-6-18(17)29-10-8-14(25)12-29/h2-7,9,11,14H,8,10,12,25H2,1H3,(H,28,30)/t14-/m0/s1. The van der Waals surface area contributed by atoms with Crippen molar-refractivity contribution >= 4 is 17.3 Å². The molecule has 7 nitrogen and oxygen atoms in total. The largest absolute Gasteiger partial charge is 0.496 e. The van der Waals surface area contributed by atoms with E-state index >= 15 is 0 Å². The van der Waals surface area contributed by atoms with Crippen molar-refractivity contribution in [1.29, 1.82) is 0 Å². The molecular formula is C22H21F2N5O2. The van der Waals surface area contributed by atoms with Gasteiger partial charge in [0, 0.05) is 25.3 Å². The van der Waals surface area contributed by atoms with E-state index < -0.39 is 17.5 Å². The van der Waals surface area contributed by atoms with Crippen molar-refractivity contribution in [3.05, 3.63) is 66.0 Å². The van der Waals surface area contributed by atoms with Crippen LogP contribution >= 0.6 is 0 Å². The lowest BCUT2D eigenvalue weighted by Crippen LogP contribution is -2.27. The number of carbonyl (C=O) groups excluding carboxylic acids is 1. The van der Waals surface area contributed by atoms with Gasteiger partial charge in [0.05, 0.1) is 24.0 Å². The Morgan fingerprint density at radius 2 is 2.10 bits per heavy atom. The lowest BCUT2D eigenvalue weighted by atomic mass is 10.1. The van der Waals surface area contributed by atoms with Gasteiger partial charge in [0.1, 0.15) is 23.1 Å². The molecule has 0 aliphatic carbocycles. The average Bonchev–Trinajstić information content (AvgIpc) is 3.19. The molecule has 160 valence electrons. The van der Waals surface area contributed by atoms with Crippen molar-refractivity contribution in [2.75, 3.05) is 30.4 Å². The molecule has 1 fully saturated rings. The Kier molecular flexibility index (Phi) is 5.77. The summed E-state index contributed by atoms with van der Waals surface area (Å²) in [5.74, 6) is -1.38. The Labute approximate surface area is 177 Å². The van der Waals surface area contributed by atoms with Crippen molar-refractivity contribution in [1.82, 2.24) is 9.97 Å². The molecule has 3 aromatic rings. The molecule has 0 unspecified atom stereocenters. The number of nitrogens with zero attached hydrogens (tertiary/aromatic N) is 3. The fourth-order valence-electron chi connectivity index (χ4n) is 3.57. The van der Waals surface area contributed by atoms with E-state index in [2.05, 4.69) is 15.3 Å². The third-order valence-corrected chi connectivity index (χ3v) is 5.08. The minimum absolute atomic E-state index is 0.00337. The number of ether oxygens (including phenoxy) is 1. The van der Waals surface area contributed by atoms with Crippen LogP contribution in [0.3, 0.4) is 0 Å². The molecule has 4 rings (SSSR count). The van der Waals surface area contributed by atoms with E-state index in [1.54, 1.807) is 12.1 Å². The van der Waals surface area contributed by atoms with Gasteiger partial charge in [0.25, 0.3) is 5.91 Å². The number of anilines is 2. The van der Waals surface area contributed by atoms with Crippen LogP contribution < -0.4 is 20.7 Å². The molecule has 0 spiro atoms. The van der Waals surface area contributed by atoms with Gasteiger partial charge in [0.2, 0.25) is 0 Å². The highest BCUT2D eigenvalue weighted by molar-refractivity contribution is 6.05. The number of carbonyl (C=O) groups is 1. The number of amides is 1. The molecular weight excluding hydrogens is 404 g/mol. The van der Waals surface area contributed by atoms with Gasteiger partial charge in [-0.1, -0.05) is 6.07 Å². The van der Waals surface area contributed by atoms with Crippen molar-refractivity contribution in [2.24, 2.45) is 5.73 Å². The van der Waals surface area contributed by atoms with Gasteiger partial charge in [-0.25, -0.2) is 18.7 Å². The Balaban J connectivity index is 1.64. The molecule has 1 aromatic heterocycles. The first kappa shape index (κ1) is 20.7. The molecule has 1 aliphatic heterocycles. The van der Waals surface area contributed by atoms with Gasteiger partial charge in [-0.15, -0.1) is 0 Å². The number of rotatable bonds is 5. The summed E-state index contributed by atoms with van der Waals surface area (Å²) < 4.78 is 33.5. The second-order valence-electron chi connectivity index (χ2n) is 7.19. The van der Waals surface area contributed by atoms with E-state index in [0.717, 1.165) is 6.42 Å². The Hall–Kier alpha value is -3.59. The lowest BCUT2D eigenvalue weighted by Gasteiger charge is -2.22. The SMILES string of the molecule is COc1cccc(F)c1-c1nccc(C(=O)Nc2cc(F)ccc2N2CC[C@H](N)C2)n1. The topological polar surface area (TPSA) is 93.4 Å². The molecule has 0 bridgehead atoms. The van der Waals surface area contributed by atoms with Gasteiger partial charge in [-0.05, 0) is 42.8 Å². The van der Waals surface area contributed by atoms with Gasteiger partial charge < -0.3 is 20.7 Å². The Bertz CT molecular complexity index is 1120. The van der Waals surface area contributed by atoms with Crippen LogP contribution in [0.25, 0.3) is 11.4 Å². The molecule has 3 N–H and O–H groups in total. The molecule has 1 amide bonds. The third kappa shape index (κ3) is 4.31. The van der Waals surface area contributed by atoms with Crippen LogP contribution in [-0.4, -0.2) is 42.1 Å². The summed E-state index contributed by atoms with van der Waals surface area (Å²) in [4.78, 5) is 23.2. The second kappa shape index (κ2) is 8.65. The molecule has 9 heteroatoms. The first-order chi connectivity index (χ1) is 15.0. The summed E-state index contributed by atoms with van der Waals surface area (Å²) >= 11 is 0. The minimum Gasteiger partial charge on any atom is -0.496 e. The van der Waals surface area contributed by atoms with E-state index in [1.165, 1.54) is 43.6 Å². The number of hydrogen-bond donors (Lipinski definition) is 2. The van der Waals surface area contributed by atoms with E-state index in [9.17, 15) is 13.6 Å². The first-order valence-corrected chi connectivity index (χ1v) is 9.73. The van der Waals surface area contributed by atoms with Gasteiger partial charge in [0.15, 0.2) is 5.82 Å². The number of halogens is 2. The normalized spacial score (nSPS) is 15.7. The fraction of sp³-hybridized carbons (Fsp3) is 0.227. The maximum Gasteiger partial charge on any atom is 0.274 e. The van der Waals surface area contributed by atoms with Crippen molar-refractivity contribution in [3.8, 4) is 17.1 Å². The highest BCUT2D eigenvalue weighted by atomic mass is 19.1. The zero-order chi connectivity index (χ0) is 22.0. The van der Waals surface area contributed by atoms with E-state index in [0.29, 0.717) is 24.5 Å². The zero-order valence-electron chi connectivity index (χ0n) is 16.8. The summed E-state index contributed by atoms with van der Waals surface area (Å²) in [6.07, 6.45) is 2.17. The quantitative estimate of drug-likeness (QED) is 0.652. The number of nitrogens with one attached hydrogen (secondary N) is 1. The van der Waals surface area contributed by atoms with Gasteiger partial charge in [-0.3, -0.25) is 4.79 Å². The first-order valence-electron chi connectivity index (χ1n) is 9.73. The van der Waals surface area contributed by atoms with Crippen LogP contribution in [-0.2, 0) is 0 Å². The molecule has 2 aromatic carbocycles. The van der Waals surface area contributed by atoms with Crippen molar-refractivity contribution < 1.29 is 18.3 Å². The Morgan fingerprint density at radius 3 is 2.84 bits per heavy atom. The maximum absolute atomic E-state index is 14.4. The molecule has 0 saturated carbocycles. The number of benzene rings is 2. The lowest BCUT2D eigenvalue weighted by molar-refractivity contribution is 0.102. The number of aromatic nitrogens is 2. The summed E-state index contributed by atoms with van der Waals surface area (Å²) in [5.41, 5.74) is 7.02. The zero-order valence-corrected chi connectivity index (χ0v) is 16.8. The van der Waals surface area contributed by atoms with E-state index in [-0.39, 0.29) is 28.9 Å². The minimum atomic E-state index is -0.575. The van der Waals surface area contributed by atoms with Crippen LogP contribution in [0.4, 0.5) is 20.2 Å². The van der Waals surface area contributed by atoms with Crippen molar-refractivity contribution in [2.45, 2.75) is 12.5 Å². The summed E-state index contributed by atoms with van der Waals surface area (Å²) in [6.45, 7) is 1.32. The van der Waals surface area contributed by atoms with Crippen LogP contribution in [0.15, 0.2) is 48.7 Å². The van der Waals surface area contributed by atoms with Gasteiger partial charge >= 0.3 is 0 Å². The Morgan fingerprint density at radius 1 is 1.26 bits per heavy atom. The average molecular weight is 425 g/mol. The van der Waals surface area contributed by atoms with Crippen molar-refractivity contribution in [3.63, 3.8) is 0 Å². The predicted molar refractivity (Wildman–Crippen MR) is 113 cm³/mol. The molecule has 31 heavy (non-hydrogen) atoms. The molecule has 1 aliphatic rings. The molecule has 1 saturated heterocycles. The monoisotopic (exact) mass is 425 g/mol. The maximum atomic E-state index is 14.4. The van der Waals surface area contributed by atoms with Crippen LogP contribution in [0.1, 0.15) is 16.9 Å².